The van der Waals surface area contributed by atoms with Crippen LogP contribution in [-0.4, -0.2) is 4.98 Å². The molecule has 2 aromatic carbocycles. The van der Waals surface area contributed by atoms with Gasteiger partial charge >= 0.3 is 6.18 Å². The summed E-state index contributed by atoms with van der Waals surface area (Å²) in [5, 5.41) is 0.798. The Morgan fingerprint density at radius 2 is 1.71 bits per heavy atom. The summed E-state index contributed by atoms with van der Waals surface area (Å²) in [5.74, 6) is 0. The van der Waals surface area contributed by atoms with Gasteiger partial charge in [-0.25, -0.2) is 0 Å². The first-order valence-electron chi connectivity index (χ1n) is 6.76. The number of halogens is 3. The van der Waals surface area contributed by atoms with Crippen LogP contribution in [-0.2, 0) is 12.6 Å². The maximum Gasteiger partial charge on any atom is 0.416 e. The zero-order valence-corrected chi connectivity index (χ0v) is 11.5. The van der Waals surface area contributed by atoms with Crippen molar-refractivity contribution in [2.24, 2.45) is 0 Å². The number of aryl methyl sites for hydroxylation is 1. The zero-order valence-electron chi connectivity index (χ0n) is 11.5. The number of aromatic nitrogens is 1. The molecular formula is C17H14F3N. The minimum atomic E-state index is -4.32. The van der Waals surface area contributed by atoms with Gasteiger partial charge in [-0.1, -0.05) is 37.3 Å². The normalized spacial score (nSPS) is 12.0. The van der Waals surface area contributed by atoms with Crippen molar-refractivity contribution in [1.82, 2.24) is 4.98 Å². The van der Waals surface area contributed by atoms with E-state index in [1.54, 1.807) is 6.20 Å². The molecule has 0 amide bonds. The first-order chi connectivity index (χ1) is 9.99. The Kier molecular flexibility index (Phi) is 3.24. The molecule has 0 aliphatic rings. The molecule has 1 N–H and O–H groups in total. The molecule has 0 aliphatic carbocycles. The van der Waals surface area contributed by atoms with Crippen molar-refractivity contribution in [1.29, 1.82) is 0 Å². The van der Waals surface area contributed by atoms with Crippen LogP contribution in [0.15, 0.2) is 48.7 Å². The van der Waals surface area contributed by atoms with Crippen molar-refractivity contribution in [3.05, 3.63) is 59.8 Å². The number of alkyl halides is 3. The van der Waals surface area contributed by atoms with Gasteiger partial charge in [-0.15, -0.1) is 0 Å². The predicted molar refractivity (Wildman–Crippen MR) is 78.1 cm³/mol. The van der Waals surface area contributed by atoms with Crippen LogP contribution >= 0.6 is 0 Å². The van der Waals surface area contributed by atoms with E-state index in [-0.39, 0.29) is 0 Å². The second-order valence-corrected chi connectivity index (χ2v) is 5.01. The number of aromatic amines is 1. The lowest BCUT2D eigenvalue weighted by atomic mass is 10.0. The minimum Gasteiger partial charge on any atom is -0.361 e. The average Bonchev–Trinajstić information content (AvgIpc) is 2.89. The molecule has 108 valence electrons. The molecule has 0 radical (unpaired) electrons. The van der Waals surface area contributed by atoms with Gasteiger partial charge in [0.05, 0.1) is 5.56 Å². The third-order valence-corrected chi connectivity index (χ3v) is 3.68. The van der Waals surface area contributed by atoms with Crippen LogP contribution in [0.3, 0.4) is 0 Å². The number of H-pyrrole nitrogens is 1. The van der Waals surface area contributed by atoms with E-state index in [9.17, 15) is 13.2 Å². The van der Waals surface area contributed by atoms with Crippen molar-refractivity contribution in [3.8, 4) is 11.1 Å². The lowest BCUT2D eigenvalue weighted by Gasteiger charge is -2.06. The highest BCUT2D eigenvalue weighted by molar-refractivity contribution is 5.95. The molecule has 4 heteroatoms. The van der Waals surface area contributed by atoms with Crippen molar-refractivity contribution in [2.45, 2.75) is 19.5 Å². The van der Waals surface area contributed by atoms with E-state index in [2.05, 4.69) is 11.9 Å². The lowest BCUT2D eigenvalue weighted by molar-refractivity contribution is -0.137. The van der Waals surface area contributed by atoms with Gasteiger partial charge in [-0.05, 0) is 29.7 Å². The van der Waals surface area contributed by atoms with E-state index >= 15 is 0 Å². The number of nitrogens with one attached hydrogen (secondary N) is 1. The monoisotopic (exact) mass is 289 g/mol. The Bertz CT molecular complexity index is 767. The van der Waals surface area contributed by atoms with Gasteiger partial charge in [0.2, 0.25) is 0 Å². The fourth-order valence-corrected chi connectivity index (χ4v) is 2.46. The molecule has 0 unspecified atom stereocenters. The first-order valence-corrected chi connectivity index (χ1v) is 6.76. The van der Waals surface area contributed by atoms with Crippen LogP contribution in [0, 0.1) is 0 Å². The standard InChI is InChI=1S/C17H14F3N/c1-2-11-3-5-12(6-4-11)15-10-21-16-9-13(17(18,19)20)7-8-14(15)16/h3-10,21H,2H2,1H3. The topological polar surface area (TPSA) is 15.8 Å². The van der Waals surface area contributed by atoms with Crippen LogP contribution in [0.25, 0.3) is 22.0 Å². The molecule has 3 aromatic rings. The average molecular weight is 289 g/mol. The first kappa shape index (κ1) is 13.7. The number of hydrogen-bond acceptors (Lipinski definition) is 0. The Morgan fingerprint density at radius 3 is 2.33 bits per heavy atom. The van der Waals surface area contributed by atoms with E-state index in [4.69, 9.17) is 0 Å². The Morgan fingerprint density at radius 1 is 1.00 bits per heavy atom. The summed E-state index contributed by atoms with van der Waals surface area (Å²) in [6.07, 6.45) is -1.60. The highest BCUT2D eigenvalue weighted by Crippen LogP contribution is 2.34. The molecule has 1 heterocycles. The van der Waals surface area contributed by atoms with Gasteiger partial charge in [-0.2, -0.15) is 13.2 Å². The molecule has 3 rings (SSSR count). The number of fused-ring (bicyclic) bond motifs is 1. The maximum atomic E-state index is 12.7. The Hall–Kier alpha value is -2.23. The van der Waals surface area contributed by atoms with Gasteiger partial charge in [-0.3, -0.25) is 0 Å². The van der Waals surface area contributed by atoms with Crippen LogP contribution in [0.4, 0.5) is 13.2 Å². The minimum absolute atomic E-state index is 0.499. The summed E-state index contributed by atoms with van der Waals surface area (Å²) in [6, 6.07) is 11.9. The Labute approximate surface area is 120 Å². The molecule has 0 aliphatic heterocycles. The summed E-state index contributed by atoms with van der Waals surface area (Å²) in [5.41, 5.74) is 3.02. The summed E-state index contributed by atoms with van der Waals surface area (Å²) in [4.78, 5) is 2.93. The van der Waals surface area contributed by atoms with Crippen LogP contribution in [0.5, 0.6) is 0 Å². The predicted octanol–water partition coefficient (Wildman–Crippen LogP) is 5.42. The van der Waals surface area contributed by atoms with Crippen molar-refractivity contribution in [2.75, 3.05) is 0 Å². The quantitative estimate of drug-likeness (QED) is 0.648. The molecule has 21 heavy (non-hydrogen) atoms. The molecule has 0 fully saturated rings. The number of hydrogen-bond donors (Lipinski definition) is 1. The van der Waals surface area contributed by atoms with Crippen molar-refractivity contribution >= 4 is 10.9 Å². The summed E-state index contributed by atoms with van der Waals surface area (Å²) >= 11 is 0. The van der Waals surface area contributed by atoms with Crippen LogP contribution < -0.4 is 0 Å². The van der Waals surface area contributed by atoms with Crippen LogP contribution in [0.2, 0.25) is 0 Å². The number of benzene rings is 2. The molecule has 1 aromatic heterocycles. The SMILES string of the molecule is CCc1ccc(-c2c[nH]c3cc(C(F)(F)F)ccc23)cc1. The van der Waals surface area contributed by atoms with E-state index in [0.717, 1.165) is 35.1 Å². The third-order valence-electron chi connectivity index (χ3n) is 3.68. The second-order valence-electron chi connectivity index (χ2n) is 5.01. The molecule has 0 bridgehead atoms. The van der Waals surface area contributed by atoms with E-state index in [1.807, 2.05) is 24.3 Å². The van der Waals surface area contributed by atoms with Gasteiger partial charge < -0.3 is 4.98 Å². The fourth-order valence-electron chi connectivity index (χ4n) is 2.46. The highest BCUT2D eigenvalue weighted by Gasteiger charge is 2.30. The van der Waals surface area contributed by atoms with E-state index in [0.29, 0.717) is 5.52 Å². The second kappa shape index (κ2) is 4.95. The van der Waals surface area contributed by atoms with Gasteiger partial charge in [0, 0.05) is 22.7 Å². The van der Waals surface area contributed by atoms with Gasteiger partial charge in [0.15, 0.2) is 0 Å². The molecule has 1 nitrogen and oxygen atoms in total. The maximum absolute atomic E-state index is 12.7. The highest BCUT2D eigenvalue weighted by atomic mass is 19.4. The van der Waals surface area contributed by atoms with Gasteiger partial charge in [0.25, 0.3) is 0 Å². The summed E-state index contributed by atoms with van der Waals surface area (Å²) < 4.78 is 38.1. The lowest BCUT2D eigenvalue weighted by Crippen LogP contribution is -2.04. The van der Waals surface area contributed by atoms with E-state index < -0.39 is 11.7 Å². The summed E-state index contributed by atoms with van der Waals surface area (Å²) in [7, 11) is 0. The van der Waals surface area contributed by atoms with Gasteiger partial charge in [0.1, 0.15) is 0 Å². The third kappa shape index (κ3) is 2.53. The smallest absolute Gasteiger partial charge is 0.361 e. The van der Waals surface area contributed by atoms with E-state index in [1.165, 1.54) is 11.6 Å². The Balaban J connectivity index is 2.07. The molecule has 0 saturated carbocycles. The fraction of sp³-hybridized carbons (Fsp3) is 0.176. The van der Waals surface area contributed by atoms with Crippen molar-refractivity contribution in [3.63, 3.8) is 0 Å². The zero-order chi connectivity index (χ0) is 15.0. The van der Waals surface area contributed by atoms with Crippen LogP contribution in [0.1, 0.15) is 18.1 Å². The molecular weight excluding hydrogens is 275 g/mol. The molecule has 0 spiro atoms. The summed E-state index contributed by atoms with van der Waals surface area (Å²) in [6.45, 7) is 2.08. The molecule has 0 atom stereocenters. The molecule has 0 saturated heterocycles. The van der Waals surface area contributed by atoms with Crippen molar-refractivity contribution < 1.29 is 13.2 Å². The number of rotatable bonds is 2. The largest absolute Gasteiger partial charge is 0.416 e.